The molecule has 2 heterocycles. The summed E-state index contributed by atoms with van der Waals surface area (Å²) in [4.78, 5) is 16.3. The van der Waals surface area contributed by atoms with Gasteiger partial charge in [0.15, 0.2) is 0 Å². The van der Waals surface area contributed by atoms with Crippen molar-refractivity contribution in [3.8, 4) is 22.8 Å². The summed E-state index contributed by atoms with van der Waals surface area (Å²) in [5, 5.41) is 9.00. The van der Waals surface area contributed by atoms with E-state index in [0.29, 0.717) is 18.4 Å². The quantitative estimate of drug-likeness (QED) is 0.438. The number of carbonyl (C=O) groups excluding carboxylic acids is 1. The molecule has 0 radical (unpaired) electrons. The van der Waals surface area contributed by atoms with E-state index in [0.717, 1.165) is 93.4 Å². The number of piperidine rings is 1. The second-order valence-electron chi connectivity index (χ2n) is 11.1. The first-order chi connectivity index (χ1) is 17.9. The van der Waals surface area contributed by atoms with Crippen molar-refractivity contribution < 1.29 is 14.3 Å². The average Bonchev–Trinajstić information content (AvgIpc) is 2.92. The lowest BCUT2D eigenvalue weighted by atomic mass is 9.82. The molecule has 37 heavy (non-hydrogen) atoms. The number of rotatable bonds is 10. The Morgan fingerprint density at radius 2 is 1.73 bits per heavy atom. The third-order valence-corrected chi connectivity index (χ3v) is 7.86. The summed E-state index contributed by atoms with van der Waals surface area (Å²) < 4.78 is 12.4. The van der Waals surface area contributed by atoms with Gasteiger partial charge >= 0.3 is 0 Å². The second-order valence-corrected chi connectivity index (χ2v) is 11.1. The van der Waals surface area contributed by atoms with E-state index in [1.165, 1.54) is 0 Å². The van der Waals surface area contributed by atoms with Crippen LogP contribution in [-0.4, -0.2) is 72.8 Å². The van der Waals surface area contributed by atoms with E-state index in [9.17, 15) is 4.79 Å². The van der Waals surface area contributed by atoms with Gasteiger partial charge in [0, 0.05) is 44.7 Å². The van der Waals surface area contributed by atoms with Gasteiger partial charge in [-0.2, -0.15) is 5.10 Å². The van der Waals surface area contributed by atoms with Gasteiger partial charge in [0.25, 0.3) is 0 Å². The molecule has 202 valence electrons. The second kappa shape index (κ2) is 13.2. The Hall–Kier alpha value is -2.67. The molecule has 2 aliphatic rings. The predicted octanol–water partition coefficient (Wildman–Crippen LogP) is 5.23. The molecule has 1 saturated heterocycles. The summed E-state index contributed by atoms with van der Waals surface area (Å²) in [6.45, 7) is 5.01. The zero-order valence-electron chi connectivity index (χ0n) is 23.1. The highest BCUT2D eigenvalue weighted by molar-refractivity contribution is 5.78. The SMILES string of the molecule is CCCCc1nnc(OC2CCN(C)CC2)cc1-c1ccc(OCC2CCC(C(=O)N(C)C)CC2)cc1. The molecule has 4 rings (SSSR count). The Labute approximate surface area is 222 Å². The molecule has 0 N–H and O–H groups in total. The summed E-state index contributed by atoms with van der Waals surface area (Å²) >= 11 is 0. The van der Waals surface area contributed by atoms with Gasteiger partial charge in [-0.3, -0.25) is 4.79 Å². The highest BCUT2D eigenvalue weighted by atomic mass is 16.5. The van der Waals surface area contributed by atoms with Crippen LogP contribution in [0.2, 0.25) is 0 Å². The average molecular weight is 509 g/mol. The molecule has 0 bridgehead atoms. The molecule has 1 aliphatic heterocycles. The number of carbonyl (C=O) groups is 1. The maximum Gasteiger partial charge on any atom is 0.234 e. The van der Waals surface area contributed by atoms with Crippen molar-refractivity contribution in [1.29, 1.82) is 0 Å². The molecule has 0 atom stereocenters. The van der Waals surface area contributed by atoms with Crippen LogP contribution in [0.3, 0.4) is 0 Å². The number of aromatic nitrogens is 2. The van der Waals surface area contributed by atoms with Crippen molar-refractivity contribution in [2.24, 2.45) is 11.8 Å². The van der Waals surface area contributed by atoms with Gasteiger partial charge in [-0.25, -0.2) is 0 Å². The predicted molar refractivity (Wildman–Crippen MR) is 147 cm³/mol. The van der Waals surface area contributed by atoms with E-state index < -0.39 is 0 Å². The van der Waals surface area contributed by atoms with E-state index in [1.807, 2.05) is 14.1 Å². The minimum absolute atomic E-state index is 0.176. The summed E-state index contributed by atoms with van der Waals surface area (Å²) in [6, 6.07) is 10.4. The first-order valence-electron chi connectivity index (χ1n) is 14.1. The van der Waals surface area contributed by atoms with E-state index in [1.54, 1.807) is 4.90 Å². The van der Waals surface area contributed by atoms with Crippen LogP contribution in [0.5, 0.6) is 11.6 Å². The van der Waals surface area contributed by atoms with Crippen LogP contribution < -0.4 is 9.47 Å². The minimum Gasteiger partial charge on any atom is -0.493 e. The van der Waals surface area contributed by atoms with Crippen molar-refractivity contribution >= 4 is 5.91 Å². The van der Waals surface area contributed by atoms with E-state index in [4.69, 9.17) is 9.47 Å². The number of hydrogen-bond acceptors (Lipinski definition) is 6. The normalized spacial score (nSPS) is 21.0. The first-order valence-corrected chi connectivity index (χ1v) is 14.1. The number of amides is 1. The molecule has 1 saturated carbocycles. The zero-order valence-corrected chi connectivity index (χ0v) is 23.1. The Kier molecular flexibility index (Phi) is 9.78. The smallest absolute Gasteiger partial charge is 0.234 e. The van der Waals surface area contributed by atoms with Crippen molar-refractivity contribution in [3.63, 3.8) is 0 Å². The fourth-order valence-corrected chi connectivity index (χ4v) is 5.40. The van der Waals surface area contributed by atoms with Crippen LogP contribution in [0, 0.1) is 11.8 Å². The minimum atomic E-state index is 0.176. The molecule has 1 aromatic heterocycles. The monoisotopic (exact) mass is 508 g/mol. The van der Waals surface area contributed by atoms with Gasteiger partial charge in [-0.1, -0.05) is 25.5 Å². The van der Waals surface area contributed by atoms with Crippen molar-refractivity contribution in [1.82, 2.24) is 20.0 Å². The molecular weight excluding hydrogens is 464 g/mol. The summed E-state index contributed by atoms with van der Waals surface area (Å²) in [7, 11) is 5.85. The fraction of sp³-hybridized carbons (Fsp3) is 0.633. The van der Waals surface area contributed by atoms with Gasteiger partial charge in [0.05, 0.1) is 12.3 Å². The van der Waals surface area contributed by atoms with E-state index >= 15 is 0 Å². The Morgan fingerprint density at radius 3 is 2.38 bits per heavy atom. The lowest BCUT2D eigenvalue weighted by Gasteiger charge is -2.29. The van der Waals surface area contributed by atoms with Crippen LogP contribution in [0.25, 0.3) is 11.1 Å². The van der Waals surface area contributed by atoms with Gasteiger partial charge < -0.3 is 19.3 Å². The lowest BCUT2D eigenvalue weighted by molar-refractivity contribution is -0.134. The number of nitrogens with zero attached hydrogens (tertiary/aromatic N) is 4. The number of benzene rings is 1. The van der Waals surface area contributed by atoms with Crippen molar-refractivity contribution in [2.75, 3.05) is 40.8 Å². The van der Waals surface area contributed by atoms with Crippen LogP contribution in [-0.2, 0) is 11.2 Å². The molecule has 2 aromatic rings. The fourth-order valence-electron chi connectivity index (χ4n) is 5.40. The largest absolute Gasteiger partial charge is 0.493 e. The lowest BCUT2D eigenvalue weighted by Crippen LogP contribution is -2.35. The Bertz CT molecular complexity index is 994. The molecule has 7 nitrogen and oxygen atoms in total. The zero-order chi connectivity index (χ0) is 26.2. The highest BCUT2D eigenvalue weighted by Gasteiger charge is 2.27. The molecule has 0 spiro atoms. The Morgan fingerprint density at radius 1 is 1.03 bits per heavy atom. The maximum absolute atomic E-state index is 12.2. The molecule has 1 amide bonds. The van der Waals surface area contributed by atoms with Crippen LogP contribution in [0.1, 0.15) is 64.0 Å². The van der Waals surface area contributed by atoms with Crippen LogP contribution in [0.15, 0.2) is 30.3 Å². The van der Waals surface area contributed by atoms with Gasteiger partial charge in [-0.05, 0) is 82.0 Å². The number of ether oxygens (including phenoxy) is 2. The standard InChI is InChI=1S/C30H44N4O3/c1-5-6-7-28-27(20-29(32-31-28)37-26-16-18-34(4)19-17-26)23-12-14-25(15-13-23)36-21-22-8-10-24(11-9-22)30(35)33(2)3/h12-15,20,22,24,26H,5-11,16-19,21H2,1-4H3. The van der Waals surface area contributed by atoms with Gasteiger partial charge in [0.1, 0.15) is 11.9 Å². The van der Waals surface area contributed by atoms with Gasteiger partial charge in [0.2, 0.25) is 11.8 Å². The van der Waals surface area contributed by atoms with E-state index in [-0.39, 0.29) is 17.9 Å². The number of hydrogen-bond donors (Lipinski definition) is 0. The number of likely N-dealkylation sites (tertiary alicyclic amines) is 1. The summed E-state index contributed by atoms with van der Waals surface area (Å²) in [6.07, 6.45) is 9.36. The topological polar surface area (TPSA) is 67.8 Å². The number of aryl methyl sites for hydroxylation is 1. The maximum atomic E-state index is 12.2. The van der Waals surface area contributed by atoms with Crippen LogP contribution >= 0.6 is 0 Å². The van der Waals surface area contributed by atoms with Gasteiger partial charge in [-0.15, -0.1) is 5.10 Å². The molecular formula is C30H44N4O3. The first kappa shape index (κ1) is 27.4. The number of unbranched alkanes of at least 4 members (excludes halogenated alkanes) is 1. The molecule has 7 heteroatoms. The molecule has 0 unspecified atom stereocenters. The summed E-state index contributed by atoms with van der Waals surface area (Å²) in [5.41, 5.74) is 3.24. The van der Waals surface area contributed by atoms with Crippen LogP contribution in [0.4, 0.5) is 0 Å². The molecule has 1 aliphatic carbocycles. The molecule has 1 aromatic carbocycles. The summed E-state index contributed by atoms with van der Waals surface area (Å²) in [5.74, 6) is 2.45. The van der Waals surface area contributed by atoms with E-state index in [2.05, 4.69) is 59.4 Å². The van der Waals surface area contributed by atoms with Crippen molar-refractivity contribution in [2.45, 2.75) is 70.8 Å². The highest BCUT2D eigenvalue weighted by Crippen LogP contribution is 2.32. The molecule has 2 fully saturated rings. The third-order valence-electron chi connectivity index (χ3n) is 7.86. The third kappa shape index (κ3) is 7.67. The Balaban J connectivity index is 1.37. The van der Waals surface area contributed by atoms with Crippen molar-refractivity contribution in [3.05, 3.63) is 36.0 Å².